The molecular formula is C17H16ClN3O2. The molecule has 1 atom stereocenters. The normalized spacial score (nSPS) is 19.2. The van der Waals surface area contributed by atoms with Crippen molar-refractivity contribution in [2.45, 2.75) is 25.8 Å². The van der Waals surface area contributed by atoms with E-state index in [-0.39, 0.29) is 11.6 Å². The Hall–Kier alpha value is -2.40. The molecule has 2 heterocycles. The van der Waals surface area contributed by atoms with Gasteiger partial charge < -0.3 is 10.1 Å². The van der Waals surface area contributed by atoms with Crippen LogP contribution < -0.4 is 10.1 Å². The molecule has 1 unspecified atom stereocenters. The van der Waals surface area contributed by atoms with Crippen LogP contribution in [0.4, 0.5) is 5.69 Å². The molecular weight excluding hydrogens is 314 g/mol. The summed E-state index contributed by atoms with van der Waals surface area (Å²) in [5.74, 6) is -0.385. The van der Waals surface area contributed by atoms with Crippen LogP contribution in [0.1, 0.15) is 22.4 Å². The van der Waals surface area contributed by atoms with Crippen LogP contribution in [0, 0.1) is 26.2 Å². The number of fused-ring (bicyclic) bond motifs is 1. The predicted octanol–water partition coefficient (Wildman–Crippen LogP) is 3.34. The number of nitrogens with zero attached hydrogens (tertiary/aromatic N) is 1. The number of nitrogens with one attached hydrogen (secondary N) is 2. The fraction of sp³-hybridized carbons (Fsp3) is 0.235. The van der Waals surface area contributed by atoms with Gasteiger partial charge in [-0.25, -0.2) is 4.98 Å². The summed E-state index contributed by atoms with van der Waals surface area (Å²) in [6.07, 6.45) is 0. The minimum absolute atomic E-state index is 0.0937. The van der Waals surface area contributed by atoms with Gasteiger partial charge in [-0.3, -0.25) is 10.2 Å². The number of aromatic nitrogens is 1. The number of anilines is 1. The van der Waals surface area contributed by atoms with E-state index in [1.165, 1.54) is 0 Å². The first-order chi connectivity index (χ1) is 10.8. The van der Waals surface area contributed by atoms with Crippen molar-refractivity contribution in [3.05, 3.63) is 52.7 Å². The quantitative estimate of drug-likeness (QED) is 0.830. The Morgan fingerprint density at radius 2 is 1.91 bits per heavy atom. The molecule has 0 radical (unpaired) electrons. The van der Waals surface area contributed by atoms with E-state index in [0.717, 1.165) is 16.8 Å². The Kier molecular flexibility index (Phi) is 3.60. The second kappa shape index (κ2) is 5.35. The number of hydrogen-bond acceptors (Lipinski definition) is 4. The van der Waals surface area contributed by atoms with Crippen LogP contribution in [-0.2, 0) is 4.79 Å². The molecule has 1 amide bonds. The van der Waals surface area contributed by atoms with Crippen molar-refractivity contribution in [2.75, 3.05) is 5.32 Å². The van der Waals surface area contributed by atoms with Gasteiger partial charge in [0.25, 0.3) is 5.91 Å². The summed E-state index contributed by atoms with van der Waals surface area (Å²) in [6, 6.07) is 9.12. The molecule has 0 saturated carbocycles. The molecule has 2 aromatic rings. The molecule has 1 aliphatic heterocycles. The highest BCUT2D eigenvalue weighted by Crippen LogP contribution is 2.39. The Bertz CT molecular complexity index is 817. The van der Waals surface area contributed by atoms with E-state index in [0.29, 0.717) is 11.3 Å². The first-order valence-electron chi connectivity index (χ1n) is 7.15. The Labute approximate surface area is 139 Å². The highest BCUT2D eigenvalue weighted by atomic mass is 35.5. The van der Waals surface area contributed by atoms with Gasteiger partial charge in [-0.15, -0.1) is 0 Å². The average molecular weight is 330 g/mol. The van der Waals surface area contributed by atoms with Crippen LogP contribution in [-0.4, -0.2) is 21.7 Å². The lowest BCUT2D eigenvalue weighted by atomic mass is 10.0. The SMILES string of the molecule is Cc1ccc(NC(=O)C2(Cl)Oc3nc(C)cc(C)c3C2=N)cc1. The van der Waals surface area contributed by atoms with Gasteiger partial charge in [0.15, 0.2) is 0 Å². The second-order valence-corrected chi connectivity index (χ2v) is 6.19. The summed E-state index contributed by atoms with van der Waals surface area (Å²) < 4.78 is 5.54. The van der Waals surface area contributed by atoms with Crippen molar-refractivity contribution in [3.8, 4) is 5.88 Å². The number of rotatable bonds is 2. The van der Waals surface area contributed by atoms with Gasteiger partial charge in [-0.05, 0) is 44.5 Å². The van der Waals surface area contributed by atoms with Gasteiger partial charge in [-0.1, -0.05) is 29.3 Å². The van der Waals surface area contributed by atoms with E-state index in [1.54, 1.807) is 12.1 Å². The molecule has 1 aromatic carbocycles. The third-order valence-electron chi connectivity index (χ3n) is 3.72. The highest BCUT2D eigenvalue weighted by molar-refractivity contribution is 6.50. The molecule has 1 aliphatic rings. The van der Waals surface area contributed by atoms with Crippen molar-refractivity contribution < 1.29 is 9.53 Å². The zero-order chi connectivity index (χ0) is 16.8. The van der Waals surface area contributed by atoms with Crippen molar-refractivity contribution >= 4 is 28.9 Å². The minimum Gasteiger partial charge on any atom is -0.439 e. The molecule has 3 rings (SSSR count). The topological polar surface area (TPSA) is 75.1 Å². The molecule has 2 N–H and O–H groups in total. The standard InChI is InChI=1S/C17H16ClN3O2/c1-9-4-6-12(7-5-9)21-16(22)17(18)14(19)13-10(2)8-11(3)20-15(13)23-17/h4-8,19H,1-3H3,(H,21,22). The monoisotopic (exact) mass is 329 g/mol. The number of hydrogen-bond donors (Lipinski definition) is 2. The maximum atomic E-state index is 12.6. The smallest absolute Gasteiger partial charge is 0.305 e. The van der Waals surface area contributed by atoms with E-state index < -0.39 is 11.0 Å². The van der Waals surface area contributed by atoms with Crippen LogP contribution in [0.5, 0.6) is 5.88 Å². The number of aryl methyl sites for hydroxylation is 3. The third kappa shape index (κ3) is 2.57. The zero-order valence-electron chi connectivity index (χ0n) is 13.0. The summed E-state index contributed by atoms with van der Waals surface area (Å²) in [4.78, 5) is 16.8. The molecule has 1 aromatic heterocycles. The number of carbonyl (C=O) groups is 1. The number of ether oxygens (including phenoxy) is 1. The summed E-state index contributed by atoms with van der Waals surface area (Å²) >= 11 is 6.34. The van der Waals surface area contributed by atoms with Gasteiger partial charge in [0.05, 0.1) is 5.56 Å². The number of halogens is 1. The number of amides is 1. The lowest BCUT2D eigenvalue weighted by molar-refractivity contribution is -0.121. The lowest BCUT2D eigenvalue weighted by Crippen LogP contribution is -2.46. The largest absolute Gasteiger partial charge is 0.439 e. The van der Waals surface area contributed by atoms with Gasteiger partial charge in [0.1, 0.15) is 5.71 Å². The summed E-state index contributed by atoms with van der Waals surface area (Å²) in [5.41, 5.74) is 3.61. The maximum Gasteiger partial charge on any atom is 0.305 e. The number of pyridine rings is 1. The molecule has 23 heavy (non-hydrogen) atoms. The number of alkyl halides is 1. The van der Waals surface area contributed by atoms with E-state index in [2.05, 4.69) is 10.3 Å². The summed E-state index contributed by atoms with van der Waals surface area (Å²) in [7, 11) is 0. The average Bonchev–Trinajstić information content (AvgIpc) is 2.74. The van der Waals surface area contributed by atoms with E-state index in [4.69, 9.17) is 21.7 Å². The minimum atomic E-state index is -1.90. The van der Waals surface area contributed by atoms with Crippen molar-refractivity contribution in [2.24, 2.45) is 0 Å². The number of carbonyl (C=O) groups excluding carboxylic acids is 1. The summed E-state index contributed by atoms with van der Waals surface area (Å²) in [6.45, 7) is 5.62. The Balaban J connectivity index is 1.91. The molecule has 0 bridgehead atoms. The second-order valence-electron chi connectivity index (χ2n) is 5.65. The first-order valence-corrected chi connectivity index (χ1v) is 7.53. The molecule has 0 saturated heterocycles. The van der Waals surface area contributed by atoms with Crippen LogP contribution >= 0.6 is 11.6 Å². The van der Waals surface area contributed by atoms with Crippen LogP contribution in [0.25, 0.3) is 0 Å². The Morgan fingerprint density at radius 1 is 1.26 bits per heavy atom. The third-order valence-corrected chi connectivity index (χ3v) is 4.16. The number of benzene rings is 1. The van der Waals surface area contributed by atoms with Crippen molar-refractivity contribution in [3.63, 3.8) is 0 Å². The van der Waals surface area contributed by atoms with Crippen LogP contribution in [0.3, 0.4) is 0 Å². The van der Waals surface area contributed by atoms with Crippen molar-refractivity contribution in [1.29, 1.82) is 5.41 Å². The predicted molar refractivity (Wildman–Crippen MR) is 89.6 cm³/mol. The van der Waals surface area contributed by atoms with Crippen LogP contribution in [0.15, 0.2) is 30.3 Å². The molecule has 0 aliphatic carbocycles. The summed E-state index contributed by atoms with van der Waals surface area (Å²) in [5, 5.41) is 9.05. The van der Waals surface area contributed by atoms with Gasteiger partial charge >= 0.3 is 5.06 Å². The van der Waals surface area contributed by atoms with E-state index >= 15 is 0 Å². The molecule has 0 fully saturated rings. The fourth-order valence-electron chi connectivity index (χ4n) is 2.53. The highest BCUT2D eigenvalue weighted by Gasteiger charge is 2.51. The molecule has 6 heteroatoms. The molecule has 118 valence electrons. The van der Waals surface area contributed by atoms with E-state index in [1.807, 2.05) is 39.0 Å². The molecule has 0 spiro atoms. The van der Waals surface area contributed by atoms with Gasteiger partial charge in [0.2, 0.25) is 5.88 Å². The first kappa shape index (κ1) is 15.5. The van der Waals surface area contributed by atoms with Crippen molar-refractivity contribution in [1.82, 2.24) is 4.98 Å². The fourth-order valence-corrected chi connectivity index (χ4v) is 2.75. The van der Waals surface area contributed by atoms with Gasteiger partial charge in [0, 0.05) is 11.4 Å². The zero-order valence-corrected chi connectivity index (χ0v) is 13.8. The van der Waals surface area contributed by atoms with Gasteiger partial charge in [-0.2, -0.15) is 0 Å². The lowest BCUT2D eigenvalue weighted by Gasteiger charge is -2.20. The van der Waals surface area contributed by atoms with E-state index in [9.17, 15) is 4.79 Å². The maximum absolute atomic E-state index is 12.6. The Morgan fingerprint density at radius 3 is 2.57 bits per heavy atom. The van der Waals surface area contributed by atoms with Crippen LogP contribution in [0.2, 0.25) is 0 Å². The molecule has 5 nitrogen and oxygen atoms in total.